The van der Waals surface area contributed by atoms with Crippen LogP contribution in [0.25, 0.3) is 5.57 Å². The highest BCUT2D eigenvalue weighted by molar-refractivity contribution is 5.73. The number of anilines is 1. The normalized spacial score (nSPS) is 19.7. The SMILES string of the molecule is C=C(c1ccc(N2CCCCC2)cc1)C(CC)(CC1=CCCC=C1)N(C)C. The molecule has 0 spiro atoms. The Morgan fingerprint density at radius 3 is 2.33 bits per heavy atom. The second kappa shape index (κ2) is 8.93. The summed E-state index contributed by atoms with van der Waals surface area (Å²) >= 11 is 0. The molecule has 1 aliphatic heterocycles. The summed E-state index contributed by atoms with van der Waals surface area (Å²) in [5.41, 5.74) is 5.27. The van der Waals surface area contributed by atoms with Crippen LogP contribution in [0, 0.1) is 0 Å². The van der Waals surface area contributed by atoms with E-state index in [-0.39, 0.29) is 5.54 Å². The average molecular weight is 365 g/mol. The van der Waals surface area contributed by atoms with Gasteiger partial charge in [-0.2, -0.15) is 0 Å². The van der Waals surface area contributed by atoms with Crippen molar-refractivity contribution >= 4 is 11.3 Å². The molecule has 0 radical (unpaired) electrons. The third kappa shape index (κ3) is 4.38. The molecule has 0 amide bonds. The minimum absolute atomic E-state index is 0.0415. The predicted octanol–water partition coefficient (Wildman–Crippen LogP) is 6.07. The van der Waals surface area contributed by atoms with E-state index < -0.39 is 0 Å². The minimum Gasteiger partial charge on any atom is -0.372 e. The molecule has 1 aromatic rings. The predicted molar refractivity (Wildman–Crippen MR) is 119 cm³/mol. The maximum Gasteiger partial charge on any atom is 0.0492 e. The number of hydrogen-bond acceptors (Lipinski definition) is 2. The topological polar surface area (TPSA) is 6.48 Å². The van der Waals surface area contributed by atoms with Crippen LogP contribution in [-0.4, -0.2) is 37.6 Å². The fourth-order valence-electron chi connectivity index (χ4n) is 4.62. The second-order valence-electron chi connectivity index (χ2n) is 8.29. The lowest BCUT2D eigenvalue weighted by molar-refractivity contribution is 0.211. The molecule has 0 aromatic heterocycles. The summed E-state index contributed by atoms with van der Waals surface area (Å²) in [6.45, 7) is 9.27. The number of likely N-dealkylation sites (N-methyl/N-ethyl adjacent to an activating group) is 1. The summed E-state index contributed by atoms with van der Waals surface area (Å²) in [7, 11) is 4.40. The Hall–Kier alpha value is -1.80. The molecule has 0 saturated carbocycles. The van der Waals surface area contributed by atoms with E-state index in [4.69, 9.17) is 0 Å². The molecule has 1 aromatic carbocycles. The van der Waals surface area contributed by atoms with Crippen molar-refractivity contribution in [3.05, 3.63) is 60.2 Å². The summed E-state index contributed by atoms with van der Waals surface area (Å²) in [6.07, 6.45) is 15.4. The van der Waals surface area contributed by atoms with Crippen molar-refractivity contribution in [2.24, 2.45) is 0 Å². The van der Waals surface area contributed by atoms with Crippen LogP contribution in [-0.2, 0) is 0 Å². The van der Waals surface area contributed by atoms with Crippen molar-refractivity contribution in [2.75, 3.05) is 32.1 Å². The van der Waals surface area contributed by atoms with Crippen LogP contribution in [0.4, 0.5) is 5.69 Å². The first-order chi connectivity index (χ1) is 13.1. The zero-order valence-electron chi connectivity index (χ0n) is 17.5. The third-order valence-corrected chi connectivity index (χ3v) is 6.51. The first kappa shape index (κ1) is 19.9. The van der Waals surface area contributed by atoms with Crippen LogP contribution in [0.2, 0.25) is 0 Å². The zero-order valence-corrected chi connectivity index (χ0v) is 17.5. The Morgan fingerprint density at radius 1 is 1.07 bits per heavy atom. The first-order valence-electron chi connectivity index (χ1n) is 10.6. The number of benzene rings is 1. The molecule has 2 nitrogen and oxygen atoms in total. The number of hydrogen-bond donors (Lipinski definition) is 0. The number of allylic oxidation sites excluding steroid dienone is 3. The number of rotatable bonds is 7. The Labute approximate surface area is 166 Å². The van der Waals surface area contributed by atoms with Gasteiger partial charge in [0.25, 0.3) is 0 Å². The van der Waals surface area contributed by atoms with Gasteiger partial charge in [-0.1, -0.05) is 49.4 Å². The van der Waals surface area contributed by atoms with Crippen molar-refractivity contribution in [3.8, 4) is 0 Å². The van der Waals surface area contributed by atoms with E-state index in [0.29, 0.717) is 0 Å². The Morgan fingerprint density at radius 2 is 1.78 bits per heavy atom. The molecular weight excluding hydrogens is 328 g/mol. The van der Waals surface area contributed by atoms with Gasteiger partial charge >= 0.3 is 0 Å². The van der Waals surface area contributed by atoms with Crippen LogP contribution < -0.4 is 4.90 Å². The monoisotopic (exact) mass is 364 g/mol. The molecule has 0 N–H and O–H groups in total. The summed E-state index contributed by atoms with van der Waals surface area (Å²) in [4.78, 5) is 4.89. The van der Waals surface area contributed by atoms with Crippen LogP contribution in [0.1, 0.15) is 57.4 Å². The smallest absolute Gasteiger partial charge is 0.0492 e. The highest BCUT2D eigenvalue weighted by Crippen LogP contribution is 2.39. The average Bonchev–Trinajstić information content (AvgIpc) is 2.73. The van der Waals surface area contributed by atoms with Gasteiger partial charge in [-0.05, 0) is 82.3 Å². The number of piperidine rings is 1. The van der Waals surface area contributed by atoms with Crippen molar-refractivity contribution in [1.82, 2.24) is 4.90 Å². The van der Waals surface area contributed by atoms with Crippen molar-refractivity contribution in [3.63, 3.8) is 0 Å². The first-order valence-corrected chi connectivity index (χ1v) is 10.6. The summed E-state index contributed by atoms with van der Waals surface area (Å²) in [6, 6.07) is 9.15. The van der Waals surface area contributed by atoms with Crippen LogP contribution in [0.5, 0.6) is 0 Å². The maximum atomic E-state index is 4.59. The molecule has 1 unspecified atom stereocenters. The van der Waals surface area contributed by atoms with Crippen molar-refractivity contribution in [1.29, 1.82) is 0 Å². The van der Waals surface area contributed by atoms with E-state index in [2.05, 4.69) is 79.9 Å². The Bertz CT molecular complexity index is 690. The molecule has 3 rings (SSSR count). The van der Waals surface area contributed by atoms with E-state index in [1.54, 1.807) is 0 Å². The van der Waals surface area contributed by atoms with Gasteiger partial charge in [0.05, 0.1) is 0 Å². The van der Waals surface area contributed by atoms with E-state index >= 15 is 0 Å². The summed E-state index contributed by atoms with van der Waals surface area (Å²) < 4.78 is 0. The minimum atomic E-state index is -0.0415. The lowest BCUT2D eigenvalue weighted by Gasteiger charge is -2.42. The summed E-state index contributed by atoms with van der Waals surface area (Å²) in [5.74, 6) is 0. The molecule has 146 valence electrons. The van der Waals surface area contributed by atoms with Gasteiger partial charge in [-0.15, -0.1) is 0 Å². The van der Waals surface area contributed by atoms with Gasteiger partial charge in [-0.3, -0.25) is 4.90 Å². The van der Waals surface area contributed by atoms with Gasteiger partial charge in [0.2, 0.25) is 0 Å². The third-order valence-electron chi connectivity index (χ3n) is 6.51. The van der Waals surface area contributed by atoms with Crippen LogP contribution >= 0.6 is 0 Å². The maximum absolute atomic E-state index is 4.59. The number of nitrogens with zero attached hydrogens (tertiary/aromatic N) is 2. The Balaban J connectivity index is 1.82. The van der Waals surface area contributed by atoms with E-state index in [0.717, 1.165) is 19.3 Å². The molecule has 1 saturated heterocycles. The molecule has 1 heterocycles. The van der Waals surface area contributed by atoms with Crippen LogP contribution in [0.3, 0.4) is 0 Å². The van der Waals surface area contributed by atoms with Gasteiger partial charge in [0.15, 0.2) is 0 Å². The molecule has 27 heavy (non-hydrogen) atoms. The molecule has 1 fully saturated rings. The molecular formula is C25H36N2. The second-order valence-corrected chi connectivity index (χ2v) is 8.29. The molecule has 1 atom stereocenters. The van der Waals surface area contributed by atoms with Crippen molar-refractivity contribution in [2.45, 2.75) is 57.4 Å². The molecule has 2 heteroatoms. The van der Waals surface area contributed by atoms with Gasteiger partial charge < -0.3 is 4.90 Å². The lowest BCUT2D eigenvalue weighted by atomic mass is 9.77. The van der Waals surface area contributed by atoms with Gasteiger partial charge in [-0.25, -0.2) is 0 Å². The van der Waals surface area contributed by atoms with Gasteiger partial charge in [0.1, 0.15) is 0 Å². The van der Waals surface area contributed by atoms with E-state index in [1.165, 1.54) is 61.2 Å². The fourth-order valence-corrected chi connectivity index (χ4v) is 4.62. The lowest BCUT2D eigenvalue weighted by Crippen LogP contribution is -2.45. The fraction of sp³-hybridized carbons (Fsp3) is 0.520. The highest BCUT2D eigenvalue weighted by atomic mass is 15.1. The zero-order chi connectivity index (χ0) is 19.3. The largest absolute Gasteiger partial charge is 0.372 e. The molecule has 0 bridgehead atoms. The standard InChI is InChI=1S/C25H36N2/c1-5-25(26(3)4,20-22-12-8-6-9-13-22)21(2)23-14-16-24(17-15-23)27-18-10-7-11-19-27/h8,12-17H,2,5-7,9-11,18-20H2,1,3-4H3. The van der Waals surface area contributed by atoms with E-state index in [9.17, 15) is 0 Å². The summed E-state index contributed by atoms with van der Waals surface area (Å²) in [5, 5.41) is 0. The molecule has 1 aliphatic carbocycles. The van der Waals surface area contributed by atoms with Crippen molar-refractivity contribution < 1.29 is 0 Å². The molecule has 2 aliphatic rings. The van der Waals surface area contributed by atoms with E-state index in [1.807, 2.05) is 0 Å². The Kier molecular flexibility index (Phi) is 6.59. The van der Waals surface area contributed by atoms with Gasteiger partial charge in [0, 0.05) is 24.3 Å². The quantitative estimate of drug-likeness (QED) is 0.579. The highest BCUT2D eigenvalue weighted by Gasteiger charge is 2.35. The van der Waals surface area contributed by atoms with Crippen LogP contribution in [0.15, 0.2) is 54.6 Å².